The summed E-state index contributed by atoms with van der Waals surface area (Å²) >= 11 is 0. The fourth-order valence-electron chi connectivity index (χ4n) is 1.25. The number of hydrogen-bond donors (Lipinski definition) is 0. The number of hydrogen-bond acceptors (Lipinski definition) is 0. The van der Waals surface area contributed by atoms with Gasteiger partial charge in [0.05, 0.1) is 0 Å². The Morgan fingerprint density at radius 1 is 1.00 bits per heavy atom. The molecule has 0 bridgehead atoms. The minimum Gasteiger partial charge on any atom is -0.244 e. The molecule has 16 heavy (non-hydrogen) atoms. The molecule has 0 radical (unpaired) electrons. The molecule has 0 amide bonds. The Morgan fingerprint density at radius 3 is 1.75 bits per heavy atom. The Bertz CT molecular complexity index is 224. The average Bonchev–Trinajstić information content (AvgIpc) is 2.17. The minimum atomic E-state index is -5.68. The molecule has 0 aromatic carbocycles. The van der Waals surface area contributed by atoms with Gasteiger partial charge in [-0.25, -0.2) is 4.39 Å². The van der Waals surface area contributed by atoms with E-state index in [1.165, 1.54) is 6.92 Å². The van der Waals surface area contributed by atoms with Crippen molar-refractivity contribution >= 4 is 0 Å². The second kappa shape index (κ2) is 4.79. The van der Waals surface area contributed by atoms with Crippen LogP contribution in [0.2, 0.25) is 0 Å². The van der Waals surface area contributed by atoms with Crippen molar-refractivity contribution in [3.8, 4) is 0 Å². The predicted octanol–water partition coefficient (Wildman–Crippen LogP) is 4.30. The summed E-state index contributed by atoms with van der Waals surface area (Å²) in [4.78, 5) is 0. The second-order valence-corrected chi connectivity index (χ2v) is 3.73. The van der Waals surface area contributed by atoms with Crippen molar-refractivity contribution in [2.45, 2.75) is 44.5 Å². The zero-order valence-corrected chi connectivity index (χ0v) is 8.84. The van der Waals surface area contributed by atoms with Crippen molar-refractivity contribution in [3.05, 3.63) is 0 Å². The van der Waals surface area contributed by atoms with E-state index in [-0.39, 0.29) is 12.8 Å². The van der Waals surface area contributed by atoms with Gasteiger partial charge < -0.3 is 0 Å². The molecule has 0 aliphatic rings. The molecular formula is C9H13F7. The first-order valence-electron chi connectivity index (χ1n) is 4.74. The molecular weight excluding hydrogens is 241 g/mol. The van der Waals surface area contributed by atoms with E-state index in [1.54, 1.807) is 0 Å². The van der Waals surface area contributed by atoms with E-state index in [9.17, 15) is 30.7 Å². The normalized spacial score (nSPS) is 16.3. The van der Waals surface area contributed by atoms with Gasteiger partial charge in [-0.15, -0.1) is 0 Å². The lowest BCUT2D eigenvalue weighted by Gasteiger charge is -2.34. The van der Waals surface area contributed by atoms with Crippen LogP contribution in [-0.2, 0) is 0 Å². The number of rotatable bonds is 6. The predicted molar refractivity (Wildman–Crippen MR) is 44.9 cm³/mol. The molecule has 0 aliphatic heterocycles. The zero-order valence-electron chi connectivity index (χ0n) is 8.84. The van der Waals surface area contributed by atoms with Crippen molar-refractivity contribution in [1.82, 2.24) is 0 Å². The van der Waals surface area contributed by atoms with Gasteiger partial charge in [-0.1, -0.05) is 20.3 Å². The molecule has 0 nitrogen and oxygen atoms in total. The third-order valence-electron chi connectivity index (χ3n) is 2.39. The molecule has 98 valence electrons. The largest absolute Gasteiger partial charge is 0.374 e. The summed E-state index contributed by atoms with van der Waals surface area (Å²) in [5.74, 6) is -17.9. The highest BCUT2D eigenvalue weighted by Crippen LogP contribution is 2.50. The fraction of sp³-hybridized carbons (Fsp3) is 1.00. The number of halogens is 7. The van der Waals surface area contributed by atoms with E-state index in [0.717, 1.165) is 6.92 Å². The molecule has 0 spiro atoms. The van der Waals surface area contributed by atoms with Crippen LogP contribution in [0.25, 0.3) is 0 Å². The molecule has 0 rings (SSSR count). The lowest BCUT2D eigenvalue weighted by molar-refractivity contribution is -0.325. The van der Waals surface area contributed by atoms with Crippen molar-refractivity contribution < 1.29 is 30.7 Å². The van der Waals surface area contributed by atoms with Crippen molar-refractivity contribution in [2.24, 2.45) is 5.92 Å². The molecule has 0 N–H and O–H groups in total. The standard InChI is InChI=1S/C9H13F7/c1-3-4-6(2)8(13,14)9(15,16)7(11,12)5-10/h6H,3-5H2,1-2H3. The van der Waals surface area contributed by atoms with Crippen LogP contribution in [0, 0.1) is 5.92 Å². The van der Waals surface area contributed by atoms with Crippen LogP contribution in [0.15, 0.2) is 0 Å². The van der Waals surface area contributed by atoms with Gasteiger partial charge in [-0.2, -0.15) is 26.3 Å². The summed E-state index contributed by atoms with van der Waals surface area (Å²) in [7, 11) is 0. The molecule has 0 aromatic rings. The van der Waals surface area contributed by atoms with E-state index in [2.05, 4.69) is 0 Å². The SMILES string of the molecule is CCCC(C)C(F)(F)C(F)(F)C(F)(F)CF. The lowest BCUT2D eigenvalue weighted by atomic mass is 9.90. The van der Waals surface area contributed by atoms with Gasteiger partial charge in [0, 0.05) is 5.92 Å². The summed E-state index contributed by atoms with van der Waals surface area (Å²) in [5, 5.41) is 0. The molecule has 0 aliphatic carbocycles. The van der Waals surface area contributed by atoms with E-state index < -0.39 is 30.4 Å². The number of alkyl halides is 7. The summed E-state index contributed by atoms with van der Waals surface area (Å²) < 4.78 is 88.3. The summed E-state index contributed by atoms with van der Waals surface area (Å²) in [6.45, 7) is -0.613. The third-order valence-corrected chi connectivity index (χ3v) is 2.39. The van der Waals surface area contributed by atoms with Crippen LogP contribution < -0.4 is 0 Å². The Morgan fingerprint density at radius 2 is 1.44 bits per heavy atom. The van der Waals surface area contributed by atoms with E-state index in [0.29, 0.717) is 0 Å². The topological polar surface area (TPSA) is 0 Å². The highest BCUT2D eigenvalue weighted by Gasteiger charge is 2.72. The summed E-state index contributed by atoms with van der Waals surface area (Å²) in [5.41, 5.74) is 0. The van der Waals surface area contributed by atoms with Gasteiger partial charge in [0.2, 0.25) is 0 Å². The van der Waals surface area contributed by atoms with Crippen molar-refractivity contribution in [2.75, 3.05) is 6.67 Å². The Kier molecular flexibility index (Phi) is 4.64. The Labute approximate surface area is 88.8 Å². The van der Waals surface area contributed by atoms with Gasteiger partial charge in [0.15, 0.2) is 6.67 Å². The third kappa shape index (κ3) is 2.43. The fourth-order valence-corrected chi connectivity index (χ4v) is 1.25. The first-order valence-corrected chi connectivity index (χ1v) is 4.74. The Balaban J connectivity index is 5.12. The maximum absolute atomic E-state index is 13.1. The van der Waals surface area contributed by atoms with Crippen LogP contribution in [0.3, 0.4) is 0 Å². The van der Waals surface area contributed by atoms with Gasteiger partial charge in [-0.05, 0) is 6.42 Å². The zero-order chi connectivity index (χ0) is 13.2. The van der Waals surface area contributed by atoms with Crippen molar-refractivity contribution in [1.29, 1.82) is 0 Å². The molecule has 0 heterocycles. The van der Waals surface area contributed by atoms with Gasteiger partial charge in [0.25, 0.3) is 0 Å². The van der Waals surface area contributed by atoms with E-state index in [1.807, 2.05) is 0 Å². The molecule has 7 heteroatoms. The van der Waals surface area contributed by atoms with Crippen LogP contribution in [0.1, 0.15) is 26.7 Å². The summed E-state index contributed by atoms with van der Waals surface area (Å²) in [6, 6.07) is 0. The molecule has 0 saturated heterocycles. The quantitative estimate of drug-likeness (QED) is 0.620. The molecule has 1 unspecified atom stereocenters. The van der Waals surface area contributed by atoms with Gasteiger partial charge in [-0.3, -0.25) is 0 Å². The molecule has 1 atom stereocenters. The maximum Gasteiger partial charge on any atom is 0.374 e. The van der Waals surface area contributed by atoms with Crippen LogP contribution in [0.4, 0.5) is 30.7 Å². The first-order chi connectivity index (χ1) is 7.04. The average molecular weight is 254 g/mol. The Hall–Kier alpha value is -0.490. The monoisotopic (exact) mass is 254 g/mol. The van der Waals surface area contributed by atoms with Gasteiger partial charge >= 0.3 is 17.8 Å². The van der Waals surface area contributed by atoms with Crippen LogP contribution in [-0.4, -0.2) is 24.4 Å². The molecule has 0 saturated carbocycles. The first kappa shape index (κ1) is 15.5. The summed E-state index contributed by atoms with van der Waals surface area (Å²) in [6.07, 6.45) is -0.195. The molecule has 0 aromatic heterocycles. The van der Waals surface area contributed by atoms with Crippen LogP contribution >= 0.6 is 0 Å². The second-order valence-electron chi connectivity index (χ2n) is 3.73. The van der Waals surface area contributed by atoms with Gasteiger partial charge in [0.1, 0.15) is 0 Å². The highest BCUT2D eigenvalue weighted by atomic mass is 19.3. The minimum absolute atomic E-state index is 0.147. The van der Waals surface area contributed by atoms with E-state index in [4.69, 9.17) is 0 Å². The van der Waals surface area contributed by atoms with Crippen molar-refractivity contribution in [3.63, 3.8) is 0 Å². The highest BCUT2D eigenvalue weighted by molar-refractivity contribution is 4.98. The lowest BCUT2D eigenvalue weighted by Crippen LogP contribution is -2.57. The maximum atomic E-state index is 13.1. The van der Waals surface area contributed by atoms with E-state index >= 15 is 0 Å². The molecule has 0 fully saturated rings. The van der Waals surface area contributed by atoms with Crippen LogP contribution in [0.5, 0.6) is 0 Å². The smallest absolute Gasteiger partial charge is 0.244 e.